The minimum Gasteiger partial charge on any atom is -0.465 e. The van der Waals surface area contributed by atoms with Crippen LogP contribution in [0.5, 0.6) is 0 Å². The van der Waals surface area contributed by atoms with Crippen LogP contribution in [0.15, 0.2) is 12.1 Å². The maximum Gasteiger partial charge on any atom is 0.338 e. The molecule has 76 valence electrons. The second kappa shape index (κ2) is 4.08. The lowest BCUT2D eigenvalue weighted by molar-refractivity contribution is 0.0599. The van der Waals surface area contributed by atoms with Gasteiger partial charge in [0.25, 0.3) is 6.43 Å². The number of pyridine rings is 1. The summed E-state index contributed by atoms with van der Waals surface area (Å²) in [6, 6.07) is 1.53. The molecule has 0 aliphatic carbocycles. The highest BCUT2D eigenvalue weighted by Crippen LogP contribution is 2.18. The van der Waals surface area contributed by atoms with Gasteiger partial charge < -0.3 is 4.74 Å². The highest BCUT2D eigenvalue weighted by molar-refractivity contribution is 5.89. The molecule has 0 unspecified atom stereocenters. The molecule has 1 aromatic heterocycles. The summed E-state index contributed by atoms with van der Waals surface area (Å²) in [6.45, 7) is 0. The van der Waals surface area contributed by atoms with Crippen LogP contribution in [0.4, 0.5) is 13.2 Å². The van der Waals surface area contributed by atoms with Gasteiger partial charge in [-0.2, -0.15) is 4.39 Å². The molecule has 1 rings (SSSR count). The van der Waals surface area contributed by atoms with Crippen LogP contribution >= 0.6 is 0 Å². The van der Waals surface area contributed by atoms with Crippen LogP contribution < -0.4 is 0 Å². The van der Waals surface area contributed by atoms with Crippen molar-refractivity contribution in [3.05, 3.63) is 29.3 Å². The summed E-state index contributed by atoms with van der Waals surface area (Å²) in [5, 5.41) is 0. The lowest BCUT2D eigenvalue weighted by Gasteiger charge is -2.02. The van der Waals surface area contributed by atoms with Crippen LogP contribution in [-0.4, -0.2) is 18.1 Å². The van der Waals surface area contributed by atoms with Gasteiger partial charge in [-0.15, -0.1) is 0 Å². The van der Waals surface area contributed by atoms with Gasteiger partial charge >= 0.3 is 5.97 Å². The van der Waals surface area contributed by atoms with Gasteiger partial charge in [-0.3, -0.25) is 0 Å². The molecule has 0 aromatic carbocycles. The largest absolute Gasteiger partial charge is 0.465 e. The number of alkyl halides is 2. The van der Waals surface area contributed by atoms with Gasteiger partial charge in [-0.05, 0) is 6.07 Å². The molecular weight excluding hydrogens is 199 g/mol. The molecule has 0 aliphatic rings. The third kappa shape index (κ3) is 2.21. The third-order valence-corrected chi connectivity index (χ3v) is 1.46. The molecule has 0 amide bonds. The Labute approximate surface area is 77.5 Å². The first-order valence-corrected chi connectivity index (χ1v) is 3.58. The van der Waals surface area contributed by atoms with Gasteiger partial charge in [-0.25, -0.2) is 18.6 Å². The first kappa shape index (κ1) is 10.5. The Kier molecular flexibility index (Phi) is 3.06. The molecule has 0 atom stereocenters. The SMILES string of the molecule is COC(=O)c1cc(F)nc(C(F)F)c1. The number of nitrogens with zero attached hydrogens (tertiary/aromatic N) is 1. The molecule has 3 nitrogen and oxygen atoms in total. The number of carbonyl (C=O) groups is 1. The molecule has 0 N–H and O–H groups in total. The zero-order valence-corrected chi connectivity index (χ0v) is 7.13. The van der Waals surface area contributed by atoms with Gasteiger partial charge in [-0.1, -0.05) is 0 Å². The molecule has 0 bridgehead atoms. The summed E-state index contributed by atoms with van der Waals surface area (Å²) in [5.41, 5.74) is -1.07. The van der Waals surface area contributed by atoms with E-state index in [-0.39, 0.29) is 5.56 Å². The predicted octanol–water partition coefficient (Wildman–Crippen LogP) is 1.94. The molecule has 0 aliphatic heterocycles. The van der Waals surface area contributed by atoms with Crippen molar-refractivity contribution < 1.29 is 22.7 Å². The smallest absolute Gasteiger partial charge is 0.338 e. The van der Waals surface area contributed by atoms with Crippen molar-refractivity contribution in [3.8, 4) is 0 Å². The van der Waals surface area contributed by atoms with Crippen molar-refractivity contribution in [1.82, 2.24) is 4.98 Å². The number of hydrogen-bond acceptors (Lipinski definition) is 3. The summed E-state index contributed by atoms with van der Waals surface area (Å²) in [6.07, 6.45) is -2.92. The second-order valence-corrected chi connectivity index (χ2v) is 2.40. The Morgan fingerprint density at radius 3 is 2.64 bits per heavy atom. The first-order valence-electron chi connectivity index (χ1n) is 3.58. The fourth-order valence-electron chi connectivity index (χ4n) is 0.865. The number of esters is 1. The number of carbonyl (C=O) groups excluding carboxylic acids is 1. The molecule has 6 heteroatoms. The van der Waals surface area contributed by atoms with Crippen LogP contribution in [0.3, 0.4) is 0 Å². The molecule has 0 saturated heterocycles. The maximum atomic E-state index is 12.6. The van der Waals surface area contributed by atoms with Crippen molar-refractivity contribution in [2.45, 2.75) is 6.43 Å². The molecule has 0 spiro atoms. The van der Waals surface area contributed by atoms with E-state index in [9.17, 15) is 18.0 Å². The number of methoxy groups -OCH3 is 1. The van der Waals surface area contributed by atoms with E-state index in [0.717, 1.165) is 19.2 Å². The minimum absolute atomic E-state index is 0.282. The summed E-state index contributed by atoms with van der Waals surface area (Å²) < 4.78 is 41.1. The number of halogens is 3. The summed E-state index contributed by atoms with van der Waals surface area (Å²) >= 11 is 0. The number of hydrogen-bond donors (Lipinski definition) is 0. The van der Waals surface area contributed by atoms with Gasteiger partial charge in [0.1, 0.15) is 5.69 Å². The Bertz CT molecular complexity index is 354. The normalized spacial score (nSPS) is 10.4. The minimum atomic E-state index is -2.92. The topological polar surface area (TPSA) is 39.2 Å². The van der Waals surface area contributed by atoms with Gasteiger partial charge in [0.05, 0.1) is 12.7 Å². The van der Waals surface area contributed by atoms with Crippen molar-refractivity contribution in [2.75, 3.05) is 7.11 Å². The van der Waals surface area contributed by atoms with Gasteiger partial charge in [0.2, 0.25) is 5.95 Å². The second-order valence-electron chi connectivity index (χ2n) is 2.40. The molecule has 1 heterocycles. The van der Waals surface area contributed by atoms with Gasteiger partial charge in [0.15, 0.2) is 0 Å². The van der Waals surface area contributed by atoms with E-state index in [4.69, 9.17) is 0 Å². The Balaban J connectivity index is 3.13. The van der Waals surface area contributed by atoms with Gasteiger partial charge in [0, 0.05) is 6.07 Å². The van der Waals surface area contributed by atoms with Crippen molar-refractivity contribution in [1.29, 1.82) is 0 Å². The van der Waals surface area contributed by atoms with Crippen LogP contribution in [-0.2, 0) is 4.74 Å². The highest BCUT2D eigenvalue weighted by atomic mass is 19.3. The molecule has 14 heavy (non-hydrogen) atoms. The number of rotatable bonds is 2. The van der Waals surface area contributed by atoms with Crippen LogP contribution in [0.1, 0.15) is 22.5 Å². The fourth-order valence-corrected chi connectivity index (χ4v) is 0.865. The fraction of sp³-hybridized carbons (Fsp3) is 0.250. The Morgan fingerprint density at radius 2 is 2.14 bits per heavy atom. The summed E-state index contributed by atoms with van der Waals surface area (Å²) in [4.78, 5) is 13.8. The van der Waals surface area contributed by atoms with E-state index < -0.39 is 24.0 Å². The molecule has 0 radical (unpaired) electrons. The van der Waals surface area contributed by atoms with Crippen molar-refractivity contribution in [3.63, 3.8) is 0 Å². The monoisotopic (exact) mass is 205 g/mol. The first-order chi connectivity index (χ1) is 6.54. The molecule has 1 aromatic rings. The zero-order valence-electron chi connectivity index (χ0n) is 7.13. The van der Waals surface area contributed by atoms with Crippen molar-refractivity contribution >= 4 is 5.97 Å². The average Bonchev–Trinajstić information content (AvgIpc) is 2.15. The van der Waals surface area contributed by atoms with E-state index in [2.05, 4.69) is 9.72 Å². The van der Waals surface area contributed by atoms with E-state index in [0.29, 0.717) is 0 Å². The summed E-state index contributed by atoms with van der Waals surface area (Å²) in [5.74, 6) is -2.02. The quantitative estimate of drug-likeness (QED) is 0.547. The summed E-state index contributed by atoms with van der Waals surface area (Å²) in [7, 11) is 1.07. The van der Waals surface area contributed by atoms with Crippen LogP contribution in [0.2, 0.25) is 0 Å². The molecular formula is C8H6F3NO2. The molecule has 0 fully saturated rings. The standard InChI is InChI=1S/C8H6F3NO2/c1-14-8(13)4-2-5(7(10)11)12-6(9)3-4/h2-3,7H,1H3. The highest BCUT2D eigenvalue weighted by Gasteiger charge is 2.15. The lowest BCUT2D eigenvalue weighted by atomic mass is 10.2. The van der Waals surface area contributed by atoms with E-state index >= 15 is 0 Å². The van der Waals surface area contributed by atoms with Crippen molar-refractivity contribution in [2.24, 2.45) is 0 Å². The number of ether oxygens (including phenoxy) is 1. The average molecular weight is 205 g/mol. The third-order valence-electron chi connectivity index (χ3n) is 1.46. The van der Waals surface area contributed by atoms with E-state index in [1.807, 2.05) is 0 Å². The maximum absolute atomic E-state index is 12.6. The van der Waals surface area contributed by atoms with Crippen LogP contribution in [0.25, 0.3) is 0 Å². The lowest BCUT2D eigenvalue weighted by Crippen LogP contribution is -2.05. The van der Waals surface area contributed by atoms with E-state index in [1.54, 1.807) is 0 Å². The Hall–Kier alpha value is -1.59. The zero-order chi connectivity index (χ0) is 10.7. The van der Waals surface area contributed by atoms with E-state index in [1.165, 1.54) is 0 Å². The van der Waals surface area contributed by atoms with Crippen LogP contribution in [0, 0.1) is 5.95 Å². The number of aromatic nitrogens is 1. The molecule has 0 saturated carbocycles. The predicted molar refractivity (Wildman–Crippen MR) is 40.5 cm³/mol. The Morgan fingerprint density at radius 1 is 1.50 bits per heavy atom.